The molecule has 0 aliphatic carbocycles. The predicted molar refractivity (Wildman–Crippen MR) is 149 cm³/mol. The van der Waals surface area contributed by atoms with Gasteiger partial charge in [0.2, 0.25) is 0 Å². The van der Waals surface area contributed by atoms with E-state index >= 15 is 0 Å². The SMILES string of the molecule is O=C(COc1ccc(-c2cccc3c(=O)cc(N4CCOCC4)oc23)cc1-c1ccccc1)N1CCOCC1. The van der Waals surface area contributed by atoms with E-state index in [2.05, 4.69) is 0 Å². The number of morpholine rings is 2. The van der Waals surface area contributed by atoms with Gasteiger partial charge < -0.3 is 28.4 Å². The molecule has 6 rings (SSSR count). The van der Waals surface area contributed by atoms with Crippen LogP contribution < -0.4 is 15.1 Å². The van der Waals surface area contributed by atoms with E-state index in [9.17, 15) is 9.59 Å². The Morgan fingerprint density at radius 1 is 0.769 bits per heavy atom. The quantitative estimate of drug-likeness (QED) is 0.373. The van der Waals surface area contributed by atoms with Gasteiger partial charge in [0.25, 0.3) is 5.91 Å². The van der Waals surface area contributed by atoms with Gasteiger partial charge >= 0.3 is 0 Å². The number of amides is 1. The summed E-state index contributed by atoms with van der Waals surface area (Å²) >= 11 is 0. The Balaban J connectivity index is 1.38. The van der Waals surface area contributed by atoms with E-state index in [-0.39, 0.29) is 17.9 Å². The molecule has 0 saturated carbocycles. The van der Waals surface area contributed by atoms with E-state index in [0.29, 0.717) is 75.2 Å². The molecule has 0 radical (unpaired) electrons. The standard InChI is InChI=1S/C31H30N2O6/c34-27-20-30(33-13-17-37-18-14-33)39-31-24(7-4-8-25(27)31)23-9-10-28(26(19-23)22-5-2-1-3-6-22)38-21-29(35)32-11-15-36-16-12-32/h1-10,19-20H,11-18,21H2. The maximum absolute atomic E-state index is 13.1. The van der Waals surface area contributed by atoms with Crippen LogP contribution in [0.4, 0.5) is 5.88 Å². The van der Waals surface area contributed by atoms with Crippen LogP contribution in [0.5, 0.6) is 5.75 Å². The second-order valence-electron chi connectivity index (χ2n) is 9.59. The molecule has 8 nitrogen and oxygen atoms in total. The maximum Gasteiger partial charge on any atom is 0.260 e. The van der Waals surface area contributed by atoms with Gasteiger partial charge in [-0.15, -0.1) is 0 Å². The Morgan fingerprint density at radius 3 is 2.28 bits per heavy atom. The summed E-state index contributed by atoms with van der Waals surface area (Å²) in [6.07, 6.45) is 0. The van der Waals surface area contributed by atoms with Crippen molar-refractivity contribution in [1.82, 2.24) is 4.90 Å². The number of hydrogen-bond acceptors (Lipinski definition) is 7. The zero-order valence-corrected chi connectivity index (χ0v) is 21.6. The van der Waals surface area contributed by atoms with Gasteiger partial charge in [-0.25, -0.2) is 0 Å². The van der Waals surface area contributed by atoms with E-state index in [1.807, 2.05) is 65.6 Å². The molecule has 0 unspecified atom stereocenters. The zero-order valence-electron chi connectivity index (χ0n) is 21.6. The van der Waals surface area contributed by atoms with Crippen LogP contribution in [0.15, 0.2) is 82.0 Å². The Morgan fingerprint density at radius 2 is 1.51 bits per heavy atom. The lowest BCUT2D eigenvalue weighted by atomic mass is 9.97. The van der Waals surface area contributed by atoms with Crippen LogP contribution in [-0.4, -0.2) is 70.0 Å². The fraction of sp³-hybridized carbons (Fsp3) is 0.290. The average molecular weight is 527 g/mol. The topological polar surface area (TPSA) is 81.5 Å². The summed E-state index contributed by atoms with van der Waals surface area (Å²) in [6, 6.07) is 23.0. The monoisotopic (exact) mass is 526 g/mol. The highest BCUT2D eigenvalue weighted by Gasteiger charge is 2.20. The lowest BCUT2D eigenvalue weighted by molar-refractivity contribution is -0.137. The lowest BCUT2D eigenvalue weighted by Gasteiger charge is -2.27. The van der Waals surface area contributed by atoms with Gasteiger partial charge in [-0.3, -0.25) is 9.59 Å². The number of carbonyl (C=O) groups is 1. The predicted octanol–water partition coefficient (Wildman–Crippen LogP) is 4.20. The van der Waals surface area contributed by atoms with E-state index in [4.69, 9.17) is 18.6 Å². The molecule has 1 amide bonds. The first-order valence-corrected chi connectivity index (χ1v) is 13.2. The maximum atomic E-state index is 13.1. The van der Waals surface area contributed by atoms with E-state index in [0.717, 1.165) is 22.3 Å². The first-order chi connectivity index (χ1) is 19.2. The summed E-state index contributed by atoms with van der Waals surface area (Å²) in [4.78, 5) is 29.6. The average Bonchev–Trinajstić information content (AvgIpc) is 3.01. The minimum Gasteiger partial charge on any atom is -0.483 e. The van der Waals surface area contributed by atoms with Crippen molar-refractivity contribution >= 4 is 22.8 Å². The van der Waals surface area contributed by atoms with Crippen molar-refractivity contribution in [2.24, 2.45) is 0 Å². The van der Waals surface area contributed by atoms with E-state index < -0.39 is 0 Å². The molecule has 8 heteroatoms. The molecule has 2 aliphatic rings. The number of fused-ring (bicyclic) bond motifs is 1. The van der Waals surface area contributed by atoms with Gasteiger partial charge in [-0.05, 0) is 29.3 Å². The number of carbonyl (C=O) groups excluding carboxylic acids is 1. The third kappa shape index (κ3) is 5.39. The second-order valence-corrected chi connectivity index (χ2v) is 9.59. The molecular weight excluding hydrogens is 496 g/mol. The number of benzene rings is 3. The summed E-state index contributed by atoms with van der Waals surface area (Å²) in [7, 11) is 0. The van der Waals surface area contributed by atoms with Crippen molar-refractivity contribution < 1.29 is 23.4 Å². The van der Waals surface area contributed by atoms with Crippen LogP contribution in [0.3, 0.4) is 0 Å². The highest BCUT2D eigenvalue weighted by molar-refractivity contribution is 5.94. The van der Waals surface area contributed by atoms with Crippen LogP contribution in [-0.2, 0) is 14.3 Å². The largest absolute Gasteiger partial charge is 0.483 e. The van der Waals surface area contributed by atoms with Gasteiger partial charge in [-0.2, -0.15) is 0 Å². The summed E-state index contributed by atoms with van der Waals surface area (Å²) < 4.78 is 23.3. The van der Waals surface area contributed by atoms with Crippen molar-refractivity contribution in [3.8, 4) is 28.0 Å². The summed E-state index contributed by atoms with van der Waals surface area (Å²) in [6.45, 7) is 4.73. The van der Waals surface area contributed by atoms with Crippen LogP contribution in [0, 0.1) is 0 Å². The van der Waals surface area contributed by atoms with Crippen LogP contribution in [0.25, 0.3) is 33.2 Å². The lowest BCUT2D eigenvalue weighted by Crippen LogP contribution is -2.43. The Labute approximate surface area is 226 Å². The number of nitrogens with zero attached hydrogens (tertiary/aromatic N) is 2. The minimum atomic E-state index is -0.0792. The fourth-order valence-electron chi connectivity index (χ4n) is 5.04. The van der Waals surface area contributed by atoms with Crippen molar-refractivity contribution in [2.45, 2.75) is 0 Å². The van der Waals surface area contributed by atoms with E-state index in [1.165, 1.54) is 0 Å². The van der Waals surface area contributed by atoms with Crippen LogP contribution in [0.2, 0.25) is 0 Å². The number of para-hydroxylation sites is 1. The summed E-state index contributed by atoms with van der Waals surface area (Å²) in [5, 5.41) is 0.530. The second kappa shape index (κ2) is 11.3. The Kier molecular flexibility index (Phi) is 7.29. The third-order valence-electron chi connectivity index (χ3n) is 7.15. The van der Waals surface area contributed by atoms with Gasteiger partial charge in [0.15, 0.2) is 17.9 Å². The number of hydrogen-bond donors (Lipinski definition) is 0. The van der Waals surface area contributed by atoms with Gasteiger partial charge in [-0.1, -0.05) is 48.5 Å². The first-order valence-electron chi connectivity index (χ1n) is 13.2. The Bertz CT molecular complexity index is 1520. The highest BCUT2D eigenvalue weighted by atomic mass is 16.5. The van der Waals surface area contributed by atoms with Gasteiger partial charge in [0.05, 0.1) is 31.8 Å². The smallest absolute Gasteiger partial charge is 0.260 e. The summed E-state index contributed by atoms with van der Waals surface area (Å²) in [5.41, 5.74) is 3.97. The van der Waals surface area contributed by atoms with Crippen molar-refractivity contribution in [3.05, 3.63) is 83.0 Å². The van der Waals surface area contributed by atoms with Crippen molar-refractivity contribution in [3.63, 3.8) is 0 Å². The van der Waals surface area contributed by atoms with Crippen molar-refractivity contribution in [2.75, 3.05) is 64.1 Å². The number of ether oxygens (including phenoxy) is 3. The van der Waals surface area contributed by atoms with E-state index in [1.54, 1.807) is 17.0 Å². The molecule has 2 fully saturated rings. The molecule has 0 N–H and O–H groups in total. The molecule has 3 aromatic carbocycles. The van der Waals surface area contributed by atoms with Crippen LogP contribution in [0.1, 0.15) is 0 Å². The Hall–Kier alpha value is -4.14. The summed E-state index contributed by atoms with van der Waals surface area (Å²) in [5.74, 6) is 1.10. The first kappa shape index (κ1) is 25.2. The van der Waals surface area contributed by atoms with Gasteiger partial charge in [0.1, 0.15) is 11.3 Å². The van der Waals surface area contributed by atoms with Gasteiger partial charge in [0, 0.05) is 43.4 Å². The molecule has 0 bridgehead atoms. The molecule has 4 aromatic rings. The molecular formula is C31H30N2O6. The van der Waals surface area contributed by atoms with Crippen molar-refractivity contribution in [1.29, 1.82) is 0 Å². The fourth-order valence-corrected chi connectivity index (χ4v) is 5.04. The molecule has 3 heterocycles. The molecule has 2 aliphatic heterocycles. The minimum absolute atomic E-state index is 0.0504. The number of anilines is 1. The molecule has 200 valence electrons. The molecule has 2 saturated heterocycles. The number of rotatable bonds is 6. The third-order valence-corrected chi connectivity index (χ3v) is 7.15. The molecule has 0 spiro atoms. The normalized spacial score (nSPS) is 15.9. The molecule has 0 atom stereocenters. The molecule has 39 heavy (non-hydrogen) atoms. The van der Waals surface area contributed by atoms with Crippen LogP contribution >= 0.6 is 0 Å². The molecule has 1 aromatic heterocycles. The zero-order chi connectivity index (χ0) is 26.6. The highest BCUT2D eigenvalue weighted by Crippen LogP contribution is 2.37.